The lowest BCUT2D eigenvalue weighted by Crippen LogP contribution is -1.75. The Bertz CT molecular complexity index is 453. The van der Waals surface area contributed by atoms with Crippen LogP contribution in [0.25, 0.3) is 11.1 Å². The number of rotatable bonds is 6. The van der Waals surface area contributed by atoms with Gasteiger partial charge in [-0.1, -0.05) is 111 Å². The number of hydrogen-bond donors (Lipinski definition) is 0. The molecule has 0 N–H and O–H groups in total. The maximum atomic E-state index is 3.42. The van der Waals surface area contributed by atoms with Gasteiger partial charge in [-0.05, 0) is 23.3 Å². The molecule has 0 fully saturated rings. The molecular formula is C20H27Br. The Morgan fingerprint density at radius 3 is 1.57 bits per heavy atom. The van der Waals surface area contributed by atoms with Crippen molar-refractivity contribution >= 4 is 15.9 Å². The van der Waals surface area contributed by atoms with Crippen LogP contribution in [0.15, 0.2) is 59.1 Å². The van der Waals surface area contributed by atoms with Crippen LogP contribution in [0.4, 0.5) is 0 Å². The first-order valence-electron chi connectivity index (χ1n) is 8.09. The van der Waals surface area contributed by atoms with E-state index in [1.165, 1.54) is 49.7 Å². The largest absolute Gasteiger partial charge is 0.0654 e. The molecule has 0 spiro atoms. The zero-order valence-corrected chi connectivity index (χ0v) is 14.9. The van der Waals surface area contributed by atoms with Crippen molar-refractivity contribution in [2.45, 2.75) is 52.4 Å². The van der Waals surface area contributed by atoms with Crippen molar-refractivity contribution < 1.29 is 0 Å². The van der Waals surface area contributed by atoms with E-state index in [-0.39, 0.29) is 0 Å². The number of benzene rings is 2. The zero-order valence-electron chi connectivity index (χ0n) is 13.3. The quantitative estimate of drug-likeness (QED) is 0.475. The van der Waals surface area contributed by atoms with Gasteiger partial charge < -0.3 is 0 Å². The highest BCUT2D eigenvalue weighted by Gasteiger charge is 1.94. The van der Waals surface area contributed by atoms with Crippen LogP contribution in [0.5, 0.6) is 0 Å². The van der Waals surface area contributed by atoms with Crippen LogP contribution >= 0.6 is 15.9 Å². The maximum Gasteiger partial charge on any atom is 0.0175 e. The Hall–Kier alpha value is -1.08. The zero-order chi connectivity index (χ0) is 15.3. The van der Waals surface area contributed by atoms with Crippen LogP contribution in [0.3, 0.4) is 0 Å². The summed E-state index contributed by atoms with van der Waals surface area (Å²) in [5.74, 6) is 0. The molecule has 0 saturated heterocycles. The molecule has 0 aliphatic rings. The van der Waals surface area contributed by atoms with E-state index in [1.807, 2.05) is 6.07 Å². The van der Waals surface area contributed by atoms with Crippen LogP contribution in [0.1, 0.15) is 52.4 Å². The van der Waals surface area contributed by atoms with Crippen LogP contribution in [-0.4, -0.2) is 0 Å². The third kappa shape index (κ3) is 8.06. The molecule has 0 aliphatic heterocycles. The average Bonchev–Trinajstić information content (AvgIpc) is 2.54. The number of halogens is 1. The summed E-state index contributed by atoms with van der Waals surface area (Å²) in [5.41, 5.74) is 2.51. The predicted octanol–water partition coefficient (Wildman–Crippen LogP) is 7.48. The molecule has 0 saturated carbocycles. The summed E-state index contributed by atoms with van der Waals surface area (Å²) >= 11 is 3.42. The molecule has 2 aromatic rings. The van der Waals surface area contributed by atoms with Crippen LogP contribution in [-0.2, 0) is 0 Å². The fraction of sp³-hybridized carbons (Fsp3) is 0.400. The van der Waals surface area contributed by atoms with Gasteiger partial charge in [-0.2, -0.15) is 0 Å². The summed E-state index contributed by atoms with van der Waals surface area (Å²) in [6.07, 6.45) is 8.49. The van der Waals surface area contributed by atoms with Crippen molar-refractivity contribution in [3.63, 3.8) is 0 Å². The van der Waals surface area contributed by atoms with Gasteiger partial charge in [-0.15, -0.1) is 0 Å². The Labute approximate surface area is 138 Å². The van der Waals surface area contributed by atoms with Crippen molar-refractivity contribution in [1.82, 2.24) is 0 Å². The lowest BCUT2D eigenvalue weighted by atomic mass is 10.1. The molecule has 0 atom stereocenters. The van der Waals surface area contributed by atoms with Crippen molar-refractivity contribution in [3.8, 4) is 11.1 Å². The minimum atomic E-state index is 1.12. The van der Waals surface area contributed by atoms with Crippen molar-refractivity contribution in [1.29, 1.82) is 0 Å². The van der Waals surface area contributed by atoms with Gasteiger partial charge in [-0.3, -0.25) is 0 Å². The van der Waals surface area contributed by atoms with E-state index in [1.54, 1.807) is 0 Å². The second kappa shape index (κ2) is 11.6. The molecule has 2 aromatic carbocycles. The van der Waals surface area contributed by atoms with Gasteiger partial charge >= 0.3 is 0 Å². The van der Waals surface area contributed by atoms with Crippen LogP contribution in [0, 0.1) is 0 Å². The third-order valence-corrected chi connectivity index (χ3v) is 3.94. The smallest absolute Gasteiger partial charge is 0.0175 e. The van der Waals surface area contributed by atoms with Gasteiger partial charge in [0.05, 0.1) is 0 Å². The Kier molecular flexibility index (Phi) is 9.90. The molecule has 21 heavy (non-hydrogen) atoms. The highest BCUT2D eigenvalue weighted by Crippen LogP contribution is 2.20. The summed E-state index contributed by atoms with van der Waals surface area (Å²) < 4.78 is 1.12. The molecule has 2 rings (SSSR count). The van der Waals surface area contributed by atoms with E-state index in [9.17, 15) is 0 Å². The Morgan fingerprint density at radius 2 is 1.10 bits per heavy atom. The normalized spacial score (nSPS) is 9.86. The lowest BCUT2D eigenvalue weighted by Gasteiger charge is -2.00. The van der Waals surface area contributed by atoms with Gasteiger partial charge in [0.15, 0.2) is 0 Å². The third-order valence-electron chi connectivity index (χ3n) is 3.41. The van der Waals surface area contributed by atoms with Gasteiger partial charge in [-0.25, -0.2) is 0 Å². The molecule has 0 amide bonds. The van der Waals surface area contributed by atoms with Gasteiger partial charge in [0.2, 0.25) is 0 Å². The van der Waals surface area contributed by atoms with Crippen molar-refractivity contribution in [3.05, 3.63) is 59.1 Å². The minimum Gasteiger partial charge on any atom is -0.0654 e. The van der Waals surface area contributed by atoms with E-state index in [4.69, 9.17) is 0 Å². The molecule has 0 unspecified atom stereocenters. The number of unbranched alkanes of at least 4 members (excludes halogenated alkanes) is 5. The van der Waals surface area contributed by atoms with Gasteiger partial charge in [0, 0.05) is 4.47 Å². The van der Waals surface area contributed by atoms with Gasteiger partial charge in [0.25, 0.3) is 0 Å². The van der Waals surface area contributed by atoms with E-state index in [0.717, 1.165) is 4.47 Å². The second-order valence-electron chi connectivity index (χ2n) is 5.29. The van der Waals surface area contributed by atoms with Crippen molar-refractivity contribution in [2.75, 3.05) is 0 Å². The van der Waals surface area contributed by atoms with E-state index < -0.39 is 0 Å². The van der Waals surface area contributed by atoms with E-state index in [0.29, 0.717) is 0 Å². The highest BCUT2D eigenvalue weighted by atomic mass is 79.9. The minimum absolute atomic E-state index is 1.12. The standard InChI is InChI=1S/C12H9Br.C8H18/c13-12-8-6-11(7-9-12)10-4-2-1-3-5-10;1-3-5-7-8-6-4-2/h1-9H;3-8H2,1-2H3. The molecule has 0 aromatic heterocycles. The molecule has 0 radical (unpaired) electrons. The fourth-order valence-corrected chi connectivity index (χ4v) is 2.39. The fourth-order valence-electron chi connectivity index (χ4n) is 2.13. The topological polar surface area (TPSA) is 0 Å². The first-order chi connectivity index (χ1) is 10.3. The summed E-state index contributed by atoms with van der Waals surface area (Å²) in [4.78, 5) is 0. The monoisotopic (exact) mass is 346 g/mol. The molecular weight excluding hydrogens is 320 g/mol. The number of hydrogen-bond acceptors (Lipinski definition) is 0. The SMILES string of the molecule is Brc1ccc(-c2ccccc2)cc1.CCCCCCCC. The molecule has 0 nitrogen and oxygen atoms in total. The summed E-state index contributed by atoms with van der Waals surface area (Å²) in [5, 5.41) is 0. The first kappa shape index (κ1) is 18.0. The van der Waals surface area contributed by atoms with Crippen LogP contribution < -0.4 is 0 Å². The second-order valence-corrected chi connectivity index (χ2v) is 6.20. The summed E-state index contributed by atoms with van der Waals surface area (Å²) in [6.45, 7) is 4.51. The van der Waals surface area contributed by atoms with Crippen LogP contribution in [0.2, 0.25) is 0 Å². The molecule has 0 bridgehead atoms. The van der Waals surface area contributed by atoms with Crippen molar-refractivity contribution in [2.24, 2.45) is 0 Å². The van der Waals surface area contributed by atoms with E-state index >= 15 is 0 Å². The summed E-state index contributed by atoms with van der Waals surface area (Å²) in [6, 6.07) is 18.7. The van der Waals surface area contributed by atoms with E-state index in [2.05, 4.69) is 78.3 Å². The molecule has 0 heterocycles. The Balaban J connectivity index is 0.000000240. The Morgan fingerprint density at radius 1 is 0.619 bits per heavy atom. The predicted molar refractivity (Wildman–Crippen MR) is 98.6 cm³/mol. The molecule has 114 valence electrons. The highest BCUT2D eigenvalue weighted by molar-refractivity contribution is 9.10. The lowest BCUT2D eigenvalue weighted by molar-refractivity contribution is 0.624. The molecule has 1 heteroatoms. The average molecular weight is 347 g/mol. The van der Waals surface area contributed by atoms with Gasteiger partial charge in [0.1, 0.15) is 0 Å². The molecule has 0 aliphatic carbocycles. The maximum absolute atomic E-state index is 3.42. The first-order valence-corrected chi connectivity index (χ1v) is 8.88. The summed E-state index contributed by atoms with van der Waals surface area (Å²) in [7, 11) is 0.